The topological polar surface area (TPSA) is 17.1 Å². The van der Waals surface area contributed by atoms with Crippen LogP contribution in [0.2, 0.25) is 0 Å². The van der Waals surface area contributed by atoms with Gasteiger partial charge >= 0.3 is 0 Å². The molecular formula is C9H17OP. The maximum atomic E-state index is 12.0. The van der Waals surface area contributed by atoms with Crippen molar-refractivity contribution in [2.24, 2.45) is 5.92 Å². The highest BCUT2D eigenvalue weighted by atomic mass is 31.2. The fourth-order valence-electron chi connectivity index (χ4n) is 2.83. The molecule has 2 heteroatoms. The first-order valence-electron chi connectivity index (χ1n) is 4.76. The molecule has 3 atom stereocenters. The SMILES string of the molecule is CP1(=O)CC[C@H]2CCCC[C@H]21. The lowest BCUT2D eigenvalue weighted by molar-refractivity contribution is 0.372. The summed E-state index contributed by atoms with van der Waals surface area (Å²) in [4.78, 5) is 0. The Balaban J connectivity index is 2.17. The van der Waals surface area contributed by atoms with Gasteiger partial charge in [0.05, 0.1) is 7.14 Å². The summed E-state index contributed by atoms with van der Waals surface area (Å²) in [5.41, 5.74) is 0.635. The molecule has 2 fully saturated rings. The Morgan fingerprint density at radius 3 is 2.64 bits per heavy atom. The Labute approximate surface area is 68.9 Å². The second kappa shape index (κ2) is 2.62. The Hall–Kier alpha value is 0.230. The molecule has 1 nitrogen and oxygen atoms in total. The Kier molecular flexibility index (Phi) is 1.87. The minimum atomic E-state index is -1.67. The molecule has 64 valence electrons. The van der Waals surface area contributed by atoms with Crippen LogP contribution in [0.3, 0.4) is 0 Å². The predicted molar refractivity (Wildman–Crippen MR) is 48.8 cm³/mol. The molecule has 0 aromatic carbocycles. The molecule has 1 heterocycles. The van der Waals surface area contributed by atoms with Crippen molar-refractivity contribution < 1.29 is 4.57 Å². The molecule has 1 aliphatic heterocycles. The summed E-state index contributed by atoms with van der Waals surface area (Å²) in [5.74, 6) is 0.847. The predicted octanol–water partition coefficient (Wildman–Crippen LogP) is 2.94. The van der Waals surface area contributed by atoms with E-state index < -0.39 is 7.14 Å². The summed E-state index contributed by atoms with van der Waals surface area (Å²) in [6.45, 7) is 2.03. The summed E-state index contributed by atoms with van der Waals surface area (Å²) < 4.78 is 12.0. The molecule has 0 bridgehead atoms. The number of fused-ring (bicyclic) bond motifs is 1. The molecule has 1 unspecified atom stereocenters. The van der Waals surface area contributed by atoms with Crippen LogP contribution in [0.5, 0.6) is 0 Å². The van der Waals surface area contributed by atoms with E-state index in [9.17, 15) is 4.57 Å². The minimum Gasteiger partial charge on any atom is -0.324 e. The van der Waals surface area contributed by atoms with Crippen molar-refractivity contribution >= 4 is 7.14 Å². The van der Waals surface area contributed by atoms with Crippen molar-refractivity contribution in [1.82, 2.24) is 0 Å². The molecule has 0 amide bonds. The first-order valence-corrected chi connectivity index (χ1v) is 7.17. The molecule has 0 aromatic rings. The third-order valence-corrected chi connectivity index (χ3v) is 6.74. The highest BCUT2D eigenvalue weighted by Gasteiger charge is 2.41. The van der Waals surface area contributed by atoms with E-state index in [1.807, 2.05) is 6.66 Å². The monoisotopic (exact) mass is 172 g/mol. The summed E-state index contributed by atoms with van der Waals surface area (Å²) in [6, 6.07) is 0. The quantitative estimate of drug-likeness (QED) is 0.513. The van der Waals surface area contributed by atoms with Gasteiger partial charge < -0.3 is 4.57 Å². The molecule has 0 radical (unpaired) electrons. The zero-order chi connectivity index (χ0) is 7.90. The van der Waals surface area contributed by atoms with Gasteiger partial charge in [0.25, 0.3) is 0 Å². The number of rotatable bonds is 0. The maximum Gasteiger partial charge on any atom is 0.0880 e. The summed E-state index contributed by atoms with van der Waals surface area (Å²) in [7, 11) is -1.67. The summed E-state index contributed by atoms with van der Waals surface area (Å²) in [5, 5.41) is 0. The molecular weight excluding hydrogens is 155 g/mol. The van der Waals surface area contributed by atoms with E-state index in [0.29, 0.717) is 5.66 Å². The van der Waals surface area contributed by atoms with Crippen LogP contribution >= 0.6 is 7.14 Å². The van der Waals surface area contributed by atoms with Gasteiger partial charge in [-0.25, -0.2) is 0 Å². The molecule has 0 aromatic heterocycles. The van der Waals surface area contributed by atoms with E-state index in [0.717, 1.165) is 12.1 Å². The van der Waals surface area contributed by atoms with Crippen molar-refractivity contribution in [3.05, 3.63) is 0 Å². The normalized spacial score (nSPS) is 50.6. The van der Waals surface area contributed by atoms with Crippen molar-refractivity contribution in [3.63, 3.8) is 0 Å². The van der Waals surface area contributed by atoms with Crippen LogP contribution in [0.15, 0.2) is 0 Å². The zero-order valence-electron chi connectivity index (χ0n) is 7.25. The summed E-state index contributed by atoms with van der Waals surface area (Å²) >= 11 is 0. The van der Waals surface area contributed by atoms with Gasteiger partial charge in [0.2, 0.25) is 0 Å². The van der Waals surface area contributed by atoms with E-state index in [1.54, 1.807) is 0 Å². The van der Waals surface area contributed by atoms with Crippen LogP contribution in [0, 0.1) is 5.92 Å². The fraction of sp³-hybridized carbons (Fsp3) is 1.00. The largest absolute Gasteiger partial charge is 0.324 e. The van der Waals surface area contributed by atoms with Gasteiger partial charge in [-0.15, -0.1) is 0 Å². The van der Waals surface area contributed by atoms with Crippen LogP contribution in [-0.2, 0) is 4.57 Å². The second-order valence-electron chi connectivity index (χ2n) is 4.30. The Morgan fingerprint density at radius 2 is 1.91 bits per heavy atom. The van der Waals surface area contributed by atoms with E-state index in [2.05, 4.69) is 0 Å². The smallest absolute Gasteiger partial charge is 0.0880 e. The van der Waals surface area contributed by atoms with Gasteiger partial charge in [0.1, 0.15) is 0 Å². The first kappa shape index (κ1) is 7.86. The number of hydrogen-bond donors (Lipinski definition) is 0. The van der Waals surface area contributed by atoms with Crippen molar-refractivity contribution in [2.75, 3.05) is 12.8 Å². The first-order chi connectivity index (χ1) is 5.20. The fourth-order valence-corrected chi connectivity index (χ4v) is 5.93. The molecule has 0 N–H and O–H groups in total. The average molecular weight is 172 g/mol. The van der Waals surface area contributed by atoms with Crippen LogP contribution in [0.25, 0.3) is 0 Å². The second-order valence-corrected chi connectivity index (χ2v) is 7.76. The van der Waals surface area contributed by atoms with Crippen LogP contribution in [-0.4, -0.2) is 18.5 Å². The number of hydrogen-bond acceptors (Lipinski definition) is 1. The highest BCUT2D eigenvalue weighted by molar-refractivity contribution is 7.64. The van der Waals surface area contributed by atoms with Crippen molar-refractivity contribution in [2.45, 2.75) is 37.8 Å². The third kappa shape index (κ3) is 1.28. The van der Waals surface area contributed by atoms with Crippen LogP contribution < -0.4 is 0 Å². The third-order valence-electron chi connectivity index (χ3n) is 3.51. The molecule has 2 rings (SSSR count). The Bertz CT molecular complexity index is 200. The maximum absolute atomic E-state index is 12.0. The van der Waals surface area contributed by atoms with Gasteiger partial charge in [0.15, 0.2) is 0 Å². The van der Waals surface area contributed by atoms with Crippen molar-refractivity contribution in [1.29, 1.82) is 0 Å². The molecule has 1 saturated carbocycles. The van der Waals surface area contributed by atoms with E-state index >= 15 is 0 Å². The van der Waals surface area contributed by atoms with Gasteiger partial charge in [-0.2, -0.15) is 0 Å². The van der Waals surface area contributed by atoms with E-state index in [-0.39, 0.29) is 0 Å². The standard InChI is InChI=1S/C9H17OP/c1-11(10)7-6-8-4-2-3-5-9(8)11/h8-9H,2-7H2,1H3/t8-,9-,11?/m1/s1. The van der Waals surface area contributed by atoms with Crippen LogP contribution in [0.4, 0.5) is 0 Å². The van der Waals surface area contributed by atoms with Gasteiger partial charge in [-0.3, -0.25) is 0 Å². The van der Waals surface area contributed by atoms with E-state index in [1.165, 1.54) is 32.1 Å². The lowest BCUT2D eigenvalue weighted by atomic mass is 9.87. The molecule has 2 aliphatic rings. The average Bonchev–Trinajstić information content (AvgIpc) is 2.29. The molecule has 1 saturated heterocycles. The van der Waals surface area contributed by atoms with Crippen molar-refractivity contribution in [3.8, 4) is 0 Å². The van der Waals surface area contributed by atoms with Gasteiger partial charge in [0, 0.05) is 11.8 Å². The molecule has 1 aliphatic carbocycles. The minimum absolute atomic E-state index is 0.635. The van der Waals surface area contributed by atoms with Crippen LogP contribution in [0.1, 0.15) is 32.1 Å². The lowest BCUT2D eigenvalue weighted by Gasteiger charge is -2.27. The van der Waals surface area contributed by atoms with E-state index in [4.69, 9.17) is 0 Å². The zero-order valence-corrected chi connectivity index (χ0v) is 8.15. The Morgan fingerprint density at radius 1 is 1.18 bits per heavy atom. The highest BCUT2D eigenvalue weighted by Crippen LogP contribution is 2.61. The van der Waals surface area contributed by atoms with Gasteiger partial charge in [-0.1, -0.05) is 12.8 Å². The molecule has 0 spiro atoms. The summed E-state index contributed by atoms with van der Waals surface area (Å²) in [6.07, 6.45) is 7.65. The lowest BCUT2D eigenvalue weighted by Crippen LogP contribution is -2.18. The van der Waals surface area contributed by atoms with Gasteiger partial charge in [-0.05, 0) is 31.8 Å². The molecule has 11 heavy (non-hydrogen) atoms.